The van der Waals surface area contributed by atoms with Crippen LogP contribution >= 0.6 is 0 Å². The Morgan fingerprint density at radius 2 is 2.00 bits per heavy atom. The maximum Gasteiger partial charge on any atom is 0.241 e. The van der Waals surface area contributed by atoms with Gasteiger partial charge in [-0.05, 0) is 19.1 Å². The number of aryl methyl sites for hydroxylation is 2. The van der Waals surface area contributed by atoms with Crippen LogP contribution in [0.2, 0.25) is 0 Å². The van der Waals surface area contributed by atoms with Gasteiger partial charge in [-0.3, -0.25) is 0 Å². The van der Waals surface area contributed by atoms with E-state index in [0.29, 0.717) is 17.3 Å². The third-order valence-electron chi connectivity index (χ3n) is 2.47. The summed E-state index contributed by atoms with van der Waals surface area (Å²) in [5, 5.41) is 4.18. The van der Waals surface area contributed by atoms with Crippen LogP contribution in [0.5, 0.6) is 17.4 Å². The molecule has 0 saturated heterocycles. The van der Waals surface area contributed by atoms with Crippen molar-refractivity contribution in [3.8, 4) is 17.4 Å². The predicted octanol–water partition coefficient (Wildman–Crippen LogP) is 2.11. The molecule has 0 fully saturated rings. The summed E-state index contributed by atoms with van der Waals surface area (Å²) < 4.78 is 12.4. The van der Waals surface area contributed by atoms with Gasteiger partial charge in [-0.1, -0.05) is 6.07 Å². The zero-order chi connectivity index (χ0) is 12.4. The van der Waals surface area contributed by atoms with Crippen LogP contribution in [0, 0.1) is 6.92 Å². The number of nitrogen functional groups attached to an aromatic ring is 1. The van der Waals surface area contributed by atoms with Crippen LogP contribution < -0.4 is 15.2 Å². The highest BCUT2D eigenvalue weighted by Crippen LogP contribution is 2.30. The second kappa shape index (κ2) is 4.37. The van der Waals surface area contributed by atoms with Crippen molar-refractivity contribution >= 4 is 5.69 Å². The van der Waals surface area contributed by atoms with Gasteiger partial charge in [0.2, 0.25) is 5.88 Å². The Labute approximate surface area is 99.8 Å². The molecular weight excluding hydrogens is 218 g/mol. The molecule has 5 nitrogen and oxygen atoms in total. The van der Waals surface area contributed by atoms with E-state index < -0.39 is 0 Å². The van der Waals surface area contributed by atoms with Crippen LogP contribution in [-0.4, -0.2) is 16.9 Å². The number of nitrogens with zero attached hydrogens (tertiary/aromatic N) is 2. The van der Waals surface area contributed by atoms with Crippen LogP contribution in [0.1, 0.15) is 5.69 Å². The molecule has 0 aliphatic rings. The van der Waals surface area contributed by atoms with Crippen molar-refractivity contribution < 1.29 is 9.47 Å². The number of nitrogens with two attached hydrogens (primary N) is 1. The highest BCUT2D eigenvalue weighted by atomic mass is 16.5. The lowest BCUT2D eigenvalue weighted by molar-refractivity contribution is 0.402. The van der Waals surface area contributed by atoms with E-state index in [2.05, 4.69) is 5.10 Å². The molecule has 1 heterocycles. The Bertz CT molecular complexity index is 535. The number of hydrogen-bond donors (Lipinski definition) is 1. The van der Waals surface area contributed by atoms with Crippen molar-refractivity contribution in [1.29, 1.82) is 0 Å². The van der Waals surface area contributed by atoms with E-state index in [1.165, 1.54) is 0 Å². The molecule has 2 aromatic rings. The smallest absolute Gasteiger partial charge is 0.241 e. The summed E-state index contributed by atoms with van der Waals surface area (Å²) in [7, 11) is 3.40. The van der Waals surface area contributed by atoms with E-state index in [-0.39, 0.29) is 0 Å². The Hall–Kier alpha value is -2.17. The van der Waals surface area contributed by atoms with Gasteiger partial charge in [0, 0.05) is 13.1 Å². The van der Waals surface area contributed by atoms with Gasteiger partial charge in [0.25, 0.3) is 0 Å². The SMILES string of the molecule is COc1cccc(Oc2c(N)c(C)nn2C)c1. The third kappa shape index (κ3) is 2.18. The number of hydrogen-bond acceptors (Lipinski definition) is 4. The molecule has 0 saturated carbocycles. The minimum Gasteiger partial charge on any atom is -0.497 e. The minimum absolute atomic E-state index is 0.538. The number of rotatable bonds is 3. The van der Waals surface area contributed by atoms with Gasteiger partial charge in [0.05, 0.1) is 12.8 Å². The molecule has 90 valence electrons. The van der Waals surface area contributed by atoms with Gasteiger partial charge in [0.1, 0.15) is 17.2 Å². The van der Waals surface area contributed by atoms with Gasteiger partial charge in [-0.15, -0.1) is 0 Å². The molecule has 0 bridgehead atoms. The number of anilines is 1. The van der Waals surface area contributed by atoms with E-state index in [1.807, 2.05) is 25.1 Å². The predicted molar refractivity (Wildman–Crippen MR) is 65.4 cm³/mol. The van der Waals surface area contributed by atoms with Crippen molar-refractivity contribution in [2.45, 2.75) is 6.92 Å². The van der Waals surface area contributed by atoms with Crippen molar-refractivity contribution in [3.05, 3.63) is 30.0 Å². The lowest BCUT2D eigenvalue weighted by atomic mass is 10.3. The molecule has 2 rings (SSSR count). The van der Waals surface area contributed by atoms with Crippen molar-refractivity contribution in [2.75, 3.05) is 12.8 Å². The maximum atomic E-state index is 5.88. The third-order valence-corrected chi connectivity index (χ3v) is 2.47. The monoisotopic (exact) mass is 233 g/mol. The molecule has 1 aromatic heterocycles. The first kappa shape index (κ1) is 11.3. The normalized spacial score (nSPS) is 10.3. The Morgan fingerprint density at radius 1 is 1.29 bits per heavy atom. The standard InChI is InChI=1S/C12H15N3O2/c1-8-11(13)12(15(2)14-8)17-10-6-4-5-9(7-10)16-3/h4-7H,13H2,1-3H3. The van der Waals surface area contributed by atoms with E-state index >= 15 is 0 Å². The summed E-state index contributed by atoms with van der Waals surface area (Å²) in [6.45, 7) is 1.84. The largest absolute Gasteiger partial charge is 0.497 e. The Balaban J connectivity index is 2.31. The minimum atomic E-state index is 0.538. The van der Waals surface area contributed by atoms with Crippen molar-refractivity contribution in [3.63, 3.8) is 0 Å². The fraction of sp³-hybridized carbons (Fsp3) is 0.250. The van der Waals surface area contributed by atoms with Gasteiger partial charge in [0.15, 0.2) is 0 Å². The number of ether oxygens (including phenoxy) is 2. The molecule has 5 heteroatoms. The van der Waals surface area contributed by atoms with E-state index in [4.69, 9.17) is 15.2 Å². The van der Waals surface area contributed by atoms with Crippen molar-refractivity contribution in [2.24, 2.45) is 7.05 Å². The summed E-state index contributed by atoms with van der Waals surface area (Å²) in [4.78, 5) is 0. The van der Waals surface area contributed by atoms with E-state index in [9.17, 15) is 0 Å². The van der Waals surface area contributed by atoms with Crippen LogP contribution in [0.3, 0.4) is 0 Å². The van der Waals surface area contributed by atoms with Gasteiger partial charge in [-0.25, -0.2) is 4.68 Å². The first-order valence-corrected chi connectivity index (χ1v) is 5.23. The molecule has 0 radical (unpaired) electrons. The summed E-state index contributed by atoms with van der Waals surface area (Å²) in [6.07, 6.45) is 0. The molecule has 0 unspecified atom stereocenters. The number of aromatic nitrogens is 2. The molecular formula is C12H15N3O2. The van der Waals surface area contributed by atoms with Crippen LogP contribution in [0.15, 0.2) is 24.3 Å². The lowest BCUT2D eigenvalue weighted by Gasteiger charge is -2.07. The van der Waals surface area contributed by atoms with E-state index in [1.54, 1.807) is 24.9 Å². The first-order valence-electron chi connectivity index (χ1n) is 5.23. The number of benzene rings is 1. The fourth-order valence-corrected chi connectivity index (χ4v) is 1.55. The summed E-state index contributed by atoms with van der Waals surface area (Å²) in [5.41, 5.74) is 7.19. The van der Waals surface area contributed by atoms with Gasteiger partial charge >= 0.3 is 0 Å². The Kier molecular flexibility index (Phi) is 2.91. The molecule has 0 amide bonds. The van der Waals surface area contributed by atoms with Crippen LogP contribution in [0.25, 0.3) is 0 Å². The highest BCUT2D eigenvalue weighted by molar-refractivity contribution is 5.54. The van der Waals surface area contributed by atoms with Crippen LogP contribution in [0.4, 0.5) is 5.69 Å². The second-order valence-corrected chi connectivity index (χ2v) is 3.71. The maximum absolute atomic E-state index is 5.88. The molecule has 17 heavy (non-hydrogen) atoms. The summed E-state index contributed by atoms with van der Waals surface area (Å²) in [5.74, 6) is 1.94. The average Bonchev–Trinajstić information content (AvgIpc) is 2.56. The highest BCUT2D eigenvalue weighted by Gasteiger charge is 2.12. The molecule has 0 spiro atoms. The second-order valence-electron chi connectivity index (χ2n) is 3.71. The van der Waals surface area contributed by atoms with Crippen LogP contribution in [-0.2, 0) is 7.05 Å². The molecule has 2 N–H and O–H groups in total. The zero-order valence-corrected chi connectivity index (χ0v) is 10.1. The summed E-state index contributed by atoms with van der Waals surface area (Å²) in [6, 6.07) is 7.34. The topological polar surface area (TPSA) is 62.3 Å². The Morgan fingerprint density at radius 3 is 2.59 bits per heavy atom. The van der Waals surface area contributed by atoms with Gasteiger partial charge in [-0.2, -0.15) is 5.10 Å². The zero-order valence-electron chi connectivity index (χ0n) is 10.1. The lowest BCUT2D eigenvalue weighted by Crippen LogP contribution is -1.97. The molecule has 1 aromatic carbocycles. The average molecular weight is 233 g/mol. The fourth-order valence-electron chi connectivity index (χ4n) is 1.55. The van der Waals surface area contributed by atoms with Gasteiger partial charge < -0.3 is 15.2 Å². The van der Waals surface area contributed by atoms with E-state index in [0.717, 1.165) is 11.4 Å². The van der Waals surface area contributed by atoms with Crippen molar-refractivity contribution in [1.82, 2.24) is 9.78 Å². The molecule has 0 aliphatic carbocycles. The quantitative estimate of drug-likeness (QED) is 0.882. The molecule has 0 aliphatic heterocycles. The summed E-state index contributed by atoms with van der Waals surface area (Å²) >= 11 is 0. The molecule has 0 atom stereocenters. The first-order chi connectivity index (χ1) is 8.11. The number of methoxy groups -OCH3 is 1.